The van der Waals surface area contributed by atoms with Gasteiger partial charge in [-0.25, -0.2) is 9.97 Å². The fourth-order valence-corrected chi connectivity index (χ4v) is 4.50. The van der Waals surface area contributed by atoms with Crippen LogP contribution in [0, 0.1) is 13.8 Å². The first-order chi connectivity index (χ1) is 12.0. The number of carbonyl (C=O) groups excluding carboxylic acids is 1. The predicted molar refractivity (Wildman–Crippen MR) is 101 cm³/mol. The van der Waals surface area contributed by atoms with Crippen LogP contribution in [0.25, 0.3) is 10.2 Å². The first kappa shape index (κ1) is 17.7. The van der Waals surface area contributed by atoms with Gasteiger partial charge in [-0.1, -0.05) is 11.8 Å². The Labute approximate surface area is 154 Å². The summed E-state index contributed by atoms with van der Waals surface area (Å²) in [5.74, 6) is 1.47. The van der Waals surface area contributed by atoms with Crippen LogP contribution in [0.1, 0.15) is 20.8 Å². The molecule has 0 saturated carbocycles. The van der Waals surface area contributed by atoms with E-state index in [1.54, 1.807) is 50.1 Å². The maximum atomic E-state index is 12.6. The highest BCUT2D eigenvalue weighted by atomic mass is 32.2. The van der Waals surface area contributed by atoms with E-state index in [0.717, 1.165) is 15.2 Å². The zero-order valence-electron chi connectivity index (χ0n) is 14.5. The molecule has 0 atom stereocenters. The Kier molecular flexibility index (Phi) is 5.24. The average molecular weight is 374 g/mol. The van der Waals surface area contributed by atoms with Crippen LogP contribution in [0.3, 0.4) is 0 Å². The predicted octanol–water partition coefficient (Wildman–Crippen LogP) is 4.30. The van der Waals surface area contributed by atoms with Gasteiger partial charge in [0.15, 0.2) is 17.3 Å². The van der Waals surface area contributed by atoms with Gasteiger partial charge in [-0.3, -0.25) is 4.79 Å². The molecule has 0 fully saturated rings. The van der Waals surface area contributed by atoms with Crippen molar-refractivity contribution in [2.45, 2.75) is 18.9 Å². The number of fused-ring (bicyclic) bond motifs is 1. The van der Waals surface area contributed by atoms with Crippen molar-refractivity contribution < 1.29 is 14.3 Å². The van der Waals surface area contributed by atoms with Gasteiger partial charge in [-0.15, -0.1) is 11.3 Å². The molecule has 3 rings (SSSR count). The number of nitrogens with zero attached hydrogens (tertiary/aromatic N) is 2. The van der Waals surface area contributed by atoms with E-state index in [2.05, 4.69) is 23.8 Å². The second-order valence-corrected chi connectivity index (χ2v) is 7.59. The second-order valence-electron chi connectivity index (χ2n) is 5.42. The number of aromatic nitrogens is 2. The number of carbonyl (C=O) groups is 1. The minimum atomic E-state index is 0.0160. The monoisotopic (exact) mass is 374 g/mol. The minimum Gasteiger partial charge on any atom is -0.493 e. The Morgan fingerprint density at radius 1 is 1.16 bits per heavy atom. The van der Waals surface area contributed by atoms with Gasteiger partial charge in [0.25, 0.3) is 0 Å². The summed E-state index contributed by atoms with van der Waals surface area (Å²) >= 11 is 3.09. The van der Waals surface area contributed by atoms with E-state index < -0.39 is 0 Å². The molecule has 0 saturated heterocycles. The van der Waals surface area contributed by atoms with Crippen LogP contribution in [-0.2, 0) is 0 Å². The van der Waals surface area contributed by atoms with Gasteiger partial charge in [-0.2, -0.15) is 0 Å². The number of rotatable bonds is 6. The highest BCUT2D eigenvalue weighted by molar-refractivity contribution is 8.00. The van der Waals surface area contributed by atoms with Crippen molar-refractivity contribution in [3.8, 4) is 11.5 Å². The fourth-order valence-electron chi connectivity index (χ4n) is 2.49. The molecule has 0 bridgehead atoms. The van der Waals surface area contributed by atoms with E-state index in [1.165, 1.54) is 22.2 Å². The van der Waals surface area contributed by atoms with Gasteiger partial charge in [-0.05, 0) is 37.6 Å². The van der Waals surface area contributed by atoms with Gasteiger partial charge in [0, 0.05) is 15.8 Å². The van der Waals surface area contributed by atoms with Gasteiger partial charge in [0.1, 0.15) is 16.2 Å². The Morgan fingerprint density at radius 3 is 2.64 bits per heavy atom. The van der Waals surface area contributed by atoms with E-state index in [0.29, 0.717) is 22.8 Å². The molecule has 2 heterocycles. The molecule has 3 aromatic rings. The Bertz CT molecular complexity index is 937. The lowest BCUT2D eigenvalue weighted by molar-refractivity contribution is 0.102. The van der Waals surface area contributed by atoms with Gasteiger partial charge < -0.3 is 9.47 Å². The summed E-state index contributed by atoms with van der Waals surface area (Å²) in [6.07, 6.45) is 1.56. The second kappa shape index (κ2) is 7.41. The molecule has 2 aromatic heterocycles. The third-order valence-corrected chi connectivity index (χ3v) is 6.08. The van der Waals surface area contributed by atoms with Crippen LogP contribution in [-0.4, -0.2) is 35.7 Å². The zero-order valence-corrected chi connectivity index (χ0v) is 16.1. The number of Topliss-reactive ketones (excluding diaryl/α,β-unsaturated/α-hetero) is 1. The number of benzene rings is 1. The van der Waals surface area contributed by atoms with Crippen molar-refractivity contribution in [1.29, 1.82) is 0 Å². The van der Waals surface area contributed by atoms with Gasteiger partial charge >= 0.3 is 0 Å². The van der Waals surface area contributed by atoms with Crippen molar-refractivity contribution in [3.05, 3.63) is 40.5 Å². The molecular formula is C18H18N2O3S2. The number of methoxy groups -OCH3 is 2. The Morgan fingerprint density at radius 2 is 1.92 bits per heavy atom. The van der Waals surface area contributed by atoms with Crippen LogP contribution in [0.4, 0.5) is 0 Å². The number of ketones is 1. The van der Waals surface area contributed by atoms with Crippen LogP contribution < -0.4 is 9.47 Å². The third-order valence-electron chi connectivity index (χ3n) is 3.98. The molecule has 0 aliphatic carbocycles. The van der Waals surface area contributed by atoms with Crippen molar-refractivity contribution in [1.82, 2.24) is 9.97 Å². The maximum Gasteiger partial charge on any atom is 0.173 e. The first-order valence-corrected chi connectivity index (χ1v) is 9.44. The number of aryl methyl sites for hydroxylation is 2. The van der Waals surface area contributed by atoms with Crippen LogP contribution in [0.5, 0.6) is 11.5 Å². The molecule has 0 aliphatic rings. The van der Waals surface area contributed by atoms with Crippen LogP contribution in [0.15, 0.2) is 29.6 Å². The standard InChI is InChI=1S/C18H18N2O3S2/c1-10-11(2)25-18-16(10)17(19-9-20-18)24-8-13(21)12-5-6-14(22-3)15(7-12)23-4/h5-7,9H,8H2,1-4H3. The van der Waals surface area contributed by atoms with Crippen LogP contribution >= 0.6 is 23.1 Å². The molecule has 0 amide bonds. The topological polar surface area (TPSA) is 61.3 Å². The lowest BCUT2D eigenvalue weighted by Gasteiger charge is -2.09. The first-order valence-electron chi connectivity index (χ1n) is 7.64. The zero-order chi connectivity index (χ0) is 18.0. The summed E-state index contributed by atoms with van der Waals surface area (Å²) in [7, 11) is 3.13. The number of hydrogen-bond donors (Lipinski definition) is 0. The van der Waals surface area contributed by atoms with Crippen molar-refractivity contribution >= 4 is 39.1 Å². The molecule has 0 aliphatic heterocycles. The third kappa shape index (κ3) is 3.48. The SMILES string of the molecule is COc1ccc(C(=O)CSc2ncnc3sc(C)c(C)c23)cc1OC. The van der Waals surface area contributed by atoms with E-state index in [9.17, 15) is 4.79 Å². The molecule has 0 unspecified atom stereocenters. The van der Waals surface area contributed by atoms with Crippen molar-refractivity contribution in [2.75, 3.05) is 20.0 Å². The quantitative estimate of drug-likeness (QED) is 0.364. The Hall–Kier alpha value is -2.12. The van der Waals surface area contributed by atoms with Crippen molar-refractivity contribution in [2.24, 2.45) is 0 Å². The Balaban J connectivity index is 1.81. The minimum absolute atomic E-state index is 0.0160. The van der Waals surface area contributed by atoms with E-state index in [-0.39, 0.29) is 5.78 Å². The van der Waals surface area contributed by atoms with E-state index >= 15 is 0 Å². The summed E-state index contributed by atoms with van der Waals surface area (Å²) < 4.78 is 10.5. The highest BCUT2D eigenvalue weighted by Gasteiger charge is 2.15. The molecular weight excluding hydrogens is 356 g/mol. The van der Waals surface area contributed by atoms with Gasteiger partial charge in [0.05, 0.1) is 20.0 Å². The van der Waals surface area contributed by atoms with E-state index in [1.807, 2.05) is 0 Å². The lowest BCUT2D eigenvalue weighted by Crippen LogP contribution is -2.04. The smallest absolute Gasteiger partial charge is 0.173 e. The number of hydrogen-bond acceptors (Lipinski definition) is 7. The molecule has 130 valence electrons. The molecule has 0 spiro atoms. The molecule has 7 heteroatoms. The number of thiophene rings is 1. The largest absolute Gasteiger partial charge is 0.493 e. The van der Waals surface area contributed by atoms with Gasteiger partial charge in [0.2, 0.25) is 0 Å². The molecule has 0 radical (unpaired) electrons. The highest BCUT2D eigenvalue weighted by Crippen LogP contribution is 2.35. The molecule has 1 aromatic carbocycles. The summed E-state index contributed by atoms with van der Waals surface area (Å²) in [6, 6.07) is 5.20. The summed E-state index contributed by atoms with van der Waals surface area (Å²) in [5, 5.41) is 1.90. The summed E-state index contributed by atoms with van der Waals surface area (Å²) in [5.41, 5.74) is 1.77. The molecule has 25 heavy (non-hydrogen) atoms. The molecule has 5 nitrogen and oxygen atoms in total. The number of ether oxygens (including phenoxy) is 2. The summed E-state index contributed by atoms with van der Waals surface area (Å²) in [4.78, 5) is 23.4. The van der Waals surface area contributed by atoms with Crippen LogP contribution in [0.2, 0.25) is 0 Å². The number of thioether (sulfide) groups is 1. The lowest BCUT2D eigenvalue weighted by atomic mass is 10.1. The average Bonchev–Trinajstić information content (AvgIpc) is 2.93. The van der Waals surface area contributed by atoms with E-state index in [4.69, 9.17) is 9.47 Å². The summed E-state index contributed by atoms with van der Waals surface area (Å²) in [6.45, 7) is 4.14. The molecule has 0 N–H and O–H groups in total. The normalized spacial score (nSPS) is 10.9. The fraction of sp³-hybridized carbons (Fsp3) is 0.278. The van der Waals surface area contributed by atoms with Crippen molar-refractivity contribution in [3.63, 3.8) is 0 Å². The maximum absolute atomic E-state index is 12.6.